The van der Waals surface area contributed by atoms with E-state index in [4.69, 9.17) is 10.8 Å². The van der Waals surface area contributed by atoms with E-state index in [9.17, 15) is 8.78 Å². The Morgan fingerprint density at radius 1 is 1.62 bits per heavy atom. The molecule has 0 saturated heterocycles. The molecule has 72 valence electrons. The summed E-state index contributed by atoms with van der Waals surface area (Å²) in [6, 6.07) is 1.15. The van der Waals surface area contributed by atoms with Gasteiger partial charge in [0, 0.05) is 11.3 Å². The van der Waals surface area contributed by atoms with Crippen molar-refractivity contribution in [3.63, 3.8) is 0 Å². The van der Waals surface area contributed by atoms with Gasteiger partial charge in [0.15, 0.2) is 0 Å². The van der Waals surface area contributed by atoms with Crippen molar-refractivity contribution in [2.24, 2.45) is 0 Å². The van der Waals surface area contributed by atoms with Crippen LogP contribution in [-0.2, 0) is 6.61 Å². The molecule has 0 spiro atoms. The number of aryl methyl sites for hydroxylation is 1. The summed E-state index contributed by atoms with van der Waals surface area (Å²) in [5.74, 6) is 0. The van der Waals surface area contributed by atoms with E-state index in [-0.39, 0.29) is 29.2 Å². The summed E-state index contributed by atoms with van der Waals surface area (Å²) in [5.41, 5.74) is 5.74. The smallest absolute Gasteiger partial charge is 0.265 e. The van der Waals surface area contributed by atoms with E-state index in [0.29, 0.717) is 0 Å². The second-order valence-electron chi connectivity index (χ2n) is 2.66. The van der Waals surface area contributed by atoms with Crippen LogP contribution in [0, 0.1) is 6.92 Å². The molecule has 5 heteroatoms. The highest BCUT2D eigenvalue weighted by Crippen LogP contribution is 2.24. The number of halogens is 2. The number of aliphatic hydroxyl groups is 1. The molecular formula is C8H10F2N2O. The third kappa shape index (κ3) is 1.92. The number of nitrogens with two attached hydrogens (primary N) is 1. The Labute approximate surface area is 74.2 Å². The average Bonchev–Trinajstić information content (AvgIpc) is 2.07. The Morgan fingerprint density at radius 2 is 2.23 bits per heavy atom. The van der Waals surface area contributed by atoms with Crippen LogP contribution >= 0.6 is 0 Å². The maximum absolute atomic E-state index is 12.3. The first-order chi connectivity index (χ1) is 6.06. The van der Waals surface area contributed by atoms with Crippen molar-refractivity contribution in [3.05, 3.63) is 23.0 Å². The molecule has 0 amide bonds. The van der Waals surface area contributed by atoms with Crippen LogP contribution in [0.3, 0.4) is 0 Å². The predicted octanol–water partition coefficient (Wildman–Crippen LogP) is 1.40. The van der Waals surface area contributed by atoms with Crippen LogP contribution in [-0.4, -0.2) is 10.1 Å². The molecule has 1 aromatic rings. The third-order valence-corrected chi connectivity index (χ3v) is 1.75. The lowest BCUT2D eigenvalue weighted by molar-refractivity contribution is 0.150. The van der Waals surface area contributed by atoms with Crippen molar-refractivity contribution < 1.29 is 13.9 Å². The Bertz CT molecular complexity index is 315. The Balaban J connectivity index is 3.20. The second-order valence-corrected chi connectivity index (χ2v) is 2.66. The van der Waals surface area contributed by atoms with Crippen LogP contribution in [0.4, 0.5) is 14.5 Å². The number of hydrogen-bond donors (Lipinski definition) is 2. The lowest BCUT2D eigenvalue weighted by Gasteiger charge is -2.08. The van der Waals surface area contributed by atoms with Crippen molar-refractivity contribution >= 4 is 5.69 Å². The average molecular weight is 188 g/mol. The minimum Gasteiger partial charge on any atom is -0.397 e. The number of nitrogen functional groups attached to an aromatic ring is 1. The molecule has 3 N–H and O–H groups in total. The fraction of sp³-hybridized carbons (Fsp3) is 0.375. The summed E-state index contributed by atoms with van der Waals surface area (Å²) in [6.45, 7) is 1.12. The SMILES string of the molecule is Cc1nc(CO)c(N)cc1C(F)F. The van der Waals surface area contributed by atoms with Gasteiger partial charge in [-0.25, -0.2) is 8.78 Å². The normalized spacial score (nSPS) is 10.8. The summed E-state index contributed by atoms with van der Waals surface area (Å²) in [6.07, 6.45) is -2.58. The highest BCUT2D eigenvalue weighted by molar-refractivity contribution is 5.46. The molecule has 0 bridgehead atoms. The van der Waals surface area contributed by atoms with E-state index >= 15 is 0 Å². The van der Waals surface area contributed by atoms with Crippen molar-refractivity contribution in [2.45, 2.75) is 20.0 Å². The second kappa shape index (κ2) is 3.66. The molecule has 1 aromatic heterocycles. The van der Waals surface area contributed by atoms with Gasteiger partial charge in [-0.05, 0) is 13.0 Å². The molecule has 0 aliphatic heterocycles. The minimum absolute atomic E-state index is 0.100. The Hall–Kier alpha value is -1.23. The molecule has 0 aliphatic rings. The minimum atomic E-state index is -2.58. The lowest BCUT2D eigenvalue weighted by Crippen LogP contribution is -2.03. The topological polar surface area (TPSA) is 59.1 Å². The van der Waals surface area contributed by atoms with Crippen LogP contribution in [0.25, 0.3) is 0 Å². The number of aliphatic hydroxyl groups excluding tert-OH is 1. The molecule has 0 radical (unpaired) electrons. The summed E-state index contributed by atoms with van der Waals surface area (Å²) in [5, 5.41) is 8.74. The van der Waals surface area contributed by atoms with Crippen molar-refractivity contribution in [3.8, 4) is 0 Å². The molecule has 0 unspecified atom stereocenters. The largest absolute Gasteiger partial charge is 0.397 e. The molecule has 0 atom stereocenters. The molecule has 1 heterocycles. The first-order valence-corrected chi connectivity index (χ1v) is 3.71. The van der Waals surface area contributed by atoms with Gasteiger partial charge >= 0.3 is 0 Å². The van der Waals surface area contributed by atoms with E-state index in [2.05, 4.69) is 4.98 Å². The zero-order valence-electron chi connectivity index (χ0n) is 7.09. The Morgan fingerprint density at radius 3 is 2.69 bits per heavy atom. The third-order valence-electron chi connectivity index (χ3n) is 1.75. The van der Waals surface area contributed by atoms with E-state index < -0.39 is 6.43 Å². The van der Waals surface area contributed by atoms with Gasteiger partial charge in [-0.1, -0.05) is 0 Å². The molecule has 0 saturated carbocycles. The summed E-state index contributed by atoms with van der Waals surface area (Å²) in [7, 11) is 0. The molecule has 3 nitrogen and oxygen atoms in total. The van der Waals surface area contributed by atoms with Gasteiger partial charge in [0.25, 0.3) is 6.43 Å². The number of alkyl halides is 2. The van der Waals surface area contributed by atoms with Crippen LogP contribution in [0.2, 0.25) is 0 Å². The molecule has 0 aromatic carbocycles. The quantitative estimate of drug-likeness (QED) is 0.737. The number of rotatable bonds is 2. The first-order valence-electron chi connectivity index (χ1n) is 3.71. The van der Waals surface area contributed by atoms with Gasteiger partial charge in [0.1, 0.15) is 0 Å². The van der Waals surface area contributed by atoms with Gasteiger partial charge in [0.05, 0.1) is 18.0 Å². The summed E-state index contributed by atoms with van der Waals surface area (Å²) in [4.78, 5) is 3.76. The number of nitrogens with zero attached hydrogens (tertiary/aromatic N) is 1. The predicted molar refractivity (Wildman–Crippen MR) is 44.3 cm³/mol. The van der Waals surface area contributed by atoms with Crippen molar-refractivity contribution in [2.75, 3.05) is 5.73 Å². The first kappa shape index (κ1) is 9.85. The van der Waals surface area contributed by atoms with Gasteiger partial charge in [-0.2, -0.15) is 0 Å². The monoisotopic (exact) mass is 188 g/mol. The van der Waals surface area contributed by atoms with Crippen molar-refractivity contribution in [1.82, 2.24) is 4.98 Å². The van der Waals surface area contributed by atoms with Gasteiger partial charge in [0.2, 0.25) is 0 Å². The van der Waals surface area contributed by atoms with E-state index in [0.717, 1.165) is 6.07 Å². The highest BCUT2D eigenvalue weighted by Gasteiger charge is 2.13. The maximum Gasteiger partial charge on any atom is 0.265 e. The van der Waals surface area contributed by atoms with Gasteiger partial charge in [-0.3, -0.25) is 4.98 Å². The standard InChI is InChI=1S/C8H10F2N2O/c1-4-5(8(9)10)2-6(11)7(3-13)12-4/h2,8,13H,3,11H2,1H3. The fourth-order valence-corrected chi connectivity index (χ4v) is 1.03. The van der Waals surface area contributed by atoms with E-state index in [1.807, 2.05) is 0 Å². The van der Waals surface area contributed by atoms with E-state index in [1.165, 1.54) is 6.92 Å². The number of hydrogen-bond acceptors (Lipinski definition) is 3. The summed E-state index contributed by atoms with van der Waals surface area (Å²) < 4.78 is 24.6. The highest BCUT2D eigenvalue weighted by atomic mass is 19.3. The summed E-state index contributed by atoms with van der Waals surface area (Å²) >= 11 is 0. The number of aromatic nitrogens is 1. The van der Waals surface area contributed by atoms with Gasteiger partial charge in [-0.15, -0.1) is 0 Å². The van der Waals surface area contributed by atoms with Crippen LogP contribution in [0.5, 0.6) is 0 Å². The number of anilines is 1. The molecule has 0 fully saturated rings. The molecule has 13 heavy (non-hydrogen) atoms. The van der Waals surface area contributed by atoms with Crippen LogP contribution in [0.15, 0.2) is 6.07 Å². The van der Waals surface area contributed by atoms with Crippen LogP contribution < -0.4 is 5.73 Å². The number of pyridine rings is 1. The molecule has 1 rings (SSSR count). The van der Waals surface area contributed by atoms with E-state index in [1.54, 1.807) is 0 Å². The Kier molecular flexibility index (Phi) is 2.77. The maximum atomic E-state index is 12.3. The molecular weight excluding hydrogens is 178 g/mol. The van der Waals surface area contributed by atoms with Crippen molar-refractivity contribution in [1.29, 1.82) is 0 Å². The zero-order valence-corrected chi connectivity index (χ0v) is 7.09. The molecule has 0 aliphatic carbocycles. The zero-order chi connectivity index (χ0) is 10.0. The lowest BCUT2D eigenvalue weighted by atomic mass is 10.1. The fourth-order valence-electron chi connectivity index (χ4n) is 1.03. The van der Waals surface area contributed by atoms with Crippen LogP contribution in [0.1, 0.15) is 23.4 Å². The van der Waals surface area contributed by atoms with Gasteiger partial charge < -0.3 is 10.8 Å².